The molecule has 0 atom stereocenters. The fourth-order valence-corrected chi connectivity index (χ4v) is 2.21. The van der Waals surface area contributed by atoms with E-state index in [1.165, 1.54) is 23.6 Å². The predicted octanol–water partition coefficient (Wildman–Crippen LogP) is 2.98. The van der Waals surface area contributed by atoms with Crippen LogP contribution in [0.5, 0.6) is 0 Å². The number of nitrogens with zero attached hydrogens (tertiary/aromatic N) is 1. The third-order valence-corrected chi connectivity index (χ3v) is 3.33. The van der Waals surface area contributed by atoms with Gasteiger partial charge in [-0.3, -0.25) is 9.36 Å². The molecule has 106 valence electrons. The molecule has 0 aliphatic carbocycles. The first-order valence-corrected chi connectivity index (χ1v) is 6.43. The number of aromatic nitrogens is 1. The van der Waals surface area contributed by atoms with Crippen molar-refractivity contribution in [2.45, 2.75) is 13.5 Å². The minimum atomic E-state index is -0.505. The molecule has 1 aromatic heterocycles. The molecule has 0 bridgehead atoms. The molecule has 0 saturated carbocycles. The summed E-state index contributed by atoms with van der Waals surface area (Å²) >= 11 is 0. The molecule has 0 N–H and O–H groups in total. The average molecular weight is 285 g/mol. The largest absolute Gasteiger partial charge is 0.420 e. The Morgan fingerprint density at radius 2 is 1.90 bits per heavy atom. The van der Waals surface area contributed by atoms with Crippen molar-refractivity contribution < 1.29 is 13.6 Å². The van der Waals surface area contributed by atoms with Crippen LogP contribution in [-0.2, 0) is 6.54 Å². The summed E-state index contributed by atoms with van der Waals surface area (Å²) in [4.78, 5) is 23.3. The maximum atomic E-state index is 12.9. The van der Waals surface area contributed by atoms with E-state index in [1.807, 2.05) is 0 Å². The van der Waals surface area contributed by atoms with E-state index >= 15 is 0 Å². The van der Waals surface area contributed by atoms with Crippen molar-refractivity contribution in [1.82, 2.24) is 4.57 Å². The first-order chi connectivity index (χ1) is 10.0. The molecule has 2 aromatic carbocycles. The van der Waals surface area contributed by atoms with E-state index in [4.69, 9.17) is 4.42 Å². The second-order valence-corrected chi connectivity index (χ2v) is 4.82. The van der Waals surface area contributed by atoms with Gasteiger partial charge in [-0.1, -0.05) is 12.1 Å². The zero-order valence-electron chi connectivity index (χ0n) is 11.3. The molecule has 21 heavy (non-hydrogen) atoms. The van der Waals surface area contributed by atoms with Gasteiger partial charge in [-0.25, -0.2) is 9.18 Å². The van der Waals surface area contributed by atoms with Crippen LogP contribution >= 0.6 is 0 Å². The highest BCUT2D eigenvalue weighted by atomic mass is 19.1. The van der Waals surface area contributed by atoms with Crippen LogP contribution in [0.4, 0.5) is 4.39 Å². The molecule has 4 nitrogen and oxygen atoms in total. The van der Waals surface area contributed by atoms with Crippen molar-refractivity contribution in [3.8, 4) is 0 Å². The molecule has 0 aliphatic heterocycles. The second kappa shape index (κ2) is 5.01. The number of rotatable bonds is 3. The number of carbonyl (C=O) groups is 1. The summed E-state index contributed by atoms with van der Waals surface area (Å²) in [6, 6.07) is 10.8. The lowest BCUT2D eigenvalue weighted by molar-refractivity contribution is 0.101. The number of hydrogen-bond acceptors (Lipinski definition) is 3. The minimum Gasteiger partial charge on any atom is -0.408 e. The Morgan fingerprint density at radius 1 is 1.19 bits per heavy atom. The van der Waals surface area contributed by atoms with Crippen LogP contribution in [-0.4, -0.2) is 10.4 Å². The lowest BCUT2D eigenvalue weighted by Gasteiger charge is -2.03. The van der Waals surface area contributed by atoms with Crippen molar-refractivity contribution in [2.24, 2.45) is 0 Å². The van der Waals surface area contributed by atoms with Gasteiger partial charge in [-0.15, -0.1) is 0 Å². The quantitative estimate of drug-likeness (QED) is 0.695. The molecular weight excluding hydrogens is 273 g/mol. The third-order valence-electron chi connectivity index (χ3n) is 3.33. The van der Waals surface area contributed by atoms with Crippen molar-refractivity contribution in [3.05, 3.63) is 70.0 Å². The van der Waals surface area contributed by atoms with Gasteiger partial charge in [-0.2, -0.15) is 0 Å². The highest BCUT2D eigenvalue weighted by Gasteiger charge is 2.11. The lowest BCUT2D eigenvalue weighted by Crippen LogP contribution is -2.14. The van der Waals surface area contributed by atoms with Crippen molar-refractivity contribution in [1.29, 1.82) is 0 Å². The summed E-state index contributed by atoms with van der Waals surface area (Å²) in [5, 5.41) is 0. The Labute approximate surface area is 119 Å². The highest BCUT2D eigenvalue weighted by Crippen LogP contribution is 2.17. The van der Waals surface area contributed by atoms with E-state index in [0.29, 0.717) is 16.7 Å². The van der Waals surface area contributed by atoms with Crippen LogP contribution in [0.15, 0.2) is 51.7 Å². The van der Waals surface area contributed by atoms with Gasteiger partial charge >= 0.3 is 5.76 Å². The van der Waals surface area contributed by atoms with E-state index < -0.39 is 5.76 Å². The Balaban J connectivity index is 2.06. The van der Waals surface area contributed by atoms with Crippen LogP contribution in [0.25, 0.3) is 11.1 Å². The van der Waals surface area contributed by atoms with Gasteiger partial charge in [0, 0.05) is 5.56 Å². The Kier molecular flexibility index (Phi) is 3.17. The first-order valence-electron chi connectivity index (χ1n) is 6.43. The topological polar surface area (TPSA) is 52.2 Å². The fraction of sp³-hybridized carbons (Fsp3) is 0.125. The number of ketones is 1. The summed E-state index contributed by atoms with van der Waals surface area (Å²) in [6.07, 6.45) is 0. The maximum Gasteiger partial charge on any atom is 0.420 e. The number of fused-ring (bicyclic) bond motifs is 1. The Morgan fingerprint density at radius 3 is 2.57 bits per heavy atom. The zero-order chi connectivity index (χ0) is 15.0. The van der Waals surface area contributed by atoms with E-state index in [0.717, 1.165) is 5.56 Å². The number of oxazole rings is 1. The predicted molar refractivity (Wildman–Crippen MR) is 76.0 cm³/mol. The molecule has 3 aromatic rings. The normalized spacial score (nSPS) is 11.0. The van der Waals surface area contributed by atoms with Gasteiger partial charge in [0.15, 0.2) is 11.4 Å². The zero-order valence-corrected chi connectivity index (χ0v) is 11.3. The number of carbonyl (C=O) groups excluding carboxylic acids is 1. The number of Topliss-reactive ketones (excluding diaryl/α,β-unsaturated/α-hetero) is 1. The molecule has 0 fully saturated rings. The molecule has 0 unspecified atom stereocenters. The Hall–Kier alpha value is -2.69. The van der Waals surface area contributed by atoms with Gasteiger partial charge in [-0.05, 0) is 42.8 Å². The summed E-state index contributed by atoms with van der Waals surface area (Å²) in [7, 11) is 0. The smallest absolute Gasteiger partial charge is 0.408 e. The Bertz CT molecular complexity index is 875. The van der Waals surface area contributed by atoms with E-state index in [9.17, 15) is 14.0 Å². The molecule has 0 radical (unpaired) electrons. The number of benzene rings is 2. The third kappa shape index (κ3) is 2.50. The summed E-state index contributed by atoms with van der Waals surface area (Å²) in [6.45, 7) is 1.74. The fourth-order valence-electron chi connectivity index (χ4n) is 2.21. The van der Waals surface area contributed by atoms with Crippen LogP contribution in [0.2, 0.25) is 0 Å². The number of halogens is 1. The average Bonchev–Trinajstić information content (AvgIpc) is 2.76. The van der Waals surface area contributed by atoms with E-state index in [1.54, 1.807) is 30.3 Å². The number of hydrogen-bond donors (Lipinski definition) is 0. The van der Waals surface area contributed by atoms with Crippen LogP contribution in [0.1, 0.15) is 22.8 Å². The maximum absolute atomic E-state index is 12.9. The van der Waals surface area contributed by atoms with Crippen LogP contribution in [0.3, 0.4) is 0 Å². The van der Waals surface area contributed by atoms with Gasteiger partial charge in [0.05, 0.1) is 12.1 Å². The molecular formula is C16H12FNO3. The highest BCUT2D eigenvalue weighted by molar-refractivity contribution is 5.96. The van der Waals surface area contributed by atoms with Crippen LogP contribution < -0.4 is 5.76 Å². The van der Waals surface area contributed by atoms with Crippen molar-refractivity contribution in [3.63, 3.8) is 0 Å². The second-order valence-electron chi connectivity index (χ2n) is 4.82. The molecule has 0 spiro atoms. The van der Waals surface area contributed by atoms with Crippen LogP contribution in [0, 0.1) is 5.82 Å². The van der Waals surface area contributed by atoms with Gasteiger partial charge in [0.2, 0.25) is 0 Å². The monoisotopic (exact) mass is 285 g/mol. The van der Waals surface area contributed by atoms with Gasteiger partial charge < -0.3 is 4.42 Å². The summed E-state index contributed by atoms with van der Waals surface area (Å²) in [5.41, 5.74) is 2.26. The van der Waals surface area contributed by atoms with Crippen molar-refractivity contribution in [2.75, 3.05) is 0 Å². The molecule has 0 amide bonds. The van der Waals surface area contributed by atoms with E-state index in [2.05, 4.69) is 0 Å². The SMILES string of the molecule is CC(=O)c1ccc2c(c1)oc(=O)n2Cc1ccc(F)cc1. The van der Waals surface area contributed by atoms with Crippen molar-refractivity contribution >= 4 is 16.9 Å². The first kappa shape index (κ1) is 13.3. The summed E-state index contributed by atoms with van der Waals surface area (Å²) in [5.74, 6) is -0.921. The van der Waals surface area contributed by atoms with E-state index in [-0.39, 0.29) is 18.1 Å². The standard InChI is InChI=1S/C16H12FNO3/c1-10(19)12-4-7-14-15(8-12)21-16(20)18(14)9-11-2-5-13(17)6-3-11/h2-8H,9H2,1H3. The van der Waals surface area contributed by atoms with Gasteiger partial charge in [0.1, 0.15) is 5.82 Å². The van der Waals surface area contributed by atoms with Gasteiger partial charge in [0.25, 0.3) is 0 Å². The minimum absolute atomic E-state index is 0.0918. The molecule has 0 aliphatic rings. The lowest BCUT2D eigenvalue weighted by atomic mass is 10.1. The molecule has 5 heteroatoms. The molecule has 0 saturated heterocycles. The molecule has 1 heterocycles. The summed E-state index contributed by atoms with van der Waals surface area (Å²) < 4.78 is 19.5. The molecule has 3 rings (SSSR count).